The Bertz CT molecular complexity index is 402. The van der Waals surface area contributed by atoms with Gasteiger partial charge in [-0.15, -0.1) is 17.6 Å². The smallest absolute Gasteiger partial charge is 0.310 e. The molecule has 0 N–H and O–H groups in total. The zero-order valence-electron chi connectivity index (χ0n) is 11.1. The van der Waals surface area contributed by atoms with Crippen molar-refractivity contribution in [3.8, 4) is 0 Å². The molecule has 0 amide bonds. The summed E-state index contributed by atoms with van der Waals surface area (Å²) < 4.78 is 153. The third-order valence-electron chi connectivity index (χ3n) is 2.56. The summed E-state index contributed by atoms with van der Waals surface area (Å²) in [5, 5.41) is 0. The van der Waals surface area contributed by atoms with E-state index in [1.807, 2.05) is 0 Å². The summed E-state index contributed by atoms with van der Waals surface area (Å²) in [5.41, 5.74) is 0. The zero-order valence-corrected chi connectivity index (χ0v) is 11.1. The first kappa shape index (κ1) is 22.1. The topological polar surface area (TPSA) is 9.23 Å². The Morgan fingerprint density at radius 3 is 1.65 bits per heavy atom. The summed E-state index contributed by atoms with van der Waals surface area (Å²) in [5.74, 6) is -5.89. The van der Waals surface area contributed by atoms with Crippen LogP contribution in [-0.4, -0.2) is 55.1 Å². The molecule has 2 nitrogen and oxygen atoms in total. The van der Waals surface area contributed by atoms with Gasteiger partial charge in [0.25, 0.3) is 0 Å². The Labute approximate surface area is 121 Å². The second-order valence-electron chi connectivity index (χ2n) is 4.16. The molecule has 0 fully saturated rings. The van der Waals surface area contributed by atoms with Gasteiger partial charge in [-0.3, -0.25) is 0 Å². The van der Waals surface area contributed by atoms with Gasteiger partial charge >= 0.3 is 30.4 Å². The number of quaternary nitrogens is 1. The number of rotatable bonds is 9. The van der Waals surface area contributed by atoms with Crippen LogP contribution in [0.1, 0.15) is 6.92 Å². The SMILES string of the molecule is CCOC(F)(F)C(F)(F)[N+](F)(C(F)C(F)(F)CF)C(F)(F)CF. The molecule has 0 saturated heterocycles. The molecule has 0 spiro atoms. The summed E-state index contributed by atoms with van der Waals surface area (Å²) in [4.78, 5) is 0. The molecule has 0 rings (SSSR count). The Kier molecular flexibility index (Phi) is 6.27. The molecule has 2 unspecified atom stereocenters. The second-order valence-corrected chi connectivity index (χ2v) is 4.16. The molecule has 0 radical (unpaired) electrons. The van der Waals surface area contributed by atoms with Gasteiger partial charge in [0.05, 0.1) is 6.61 Å². The summed E-state index contributed by atoms with van der Waals surface area (Å²) in [6.07, 6.45) is -11.8. The highest BCUT2D eigenvalue weighted by molar-refractivity contribution is 4.77. The summed E-state index contributed by atoms with van der Waals surface area (Å²) >= 11 is 0. The molecule has 0 bridgehead atoms. The predicted molar refractivity (Wildman–Crippen MR) is 49.6 cm³/mol. The van der Waals surface area contributed by atoms with Crippen LogP contribution in [-0.2, 0) is 4.74 Å². The molecule has 140 valence electrons. The van der Waals surface area contributed by atoms with Crippen LogP contribution in [0.2, 0.25) is 0 Å². The molecule has 0 aromatic carbocycles. The van der Waals surface area contributed by atoms with Crippen molar-refractivity contribution in [1.29, 1.82) is 0 Å². The van der Waals surface area contributed by atoms with E-state index in [1.54, 1.807) is 0 Å². The van der Waals surface area contributed by atoms with Gasteiger partial charge in [0.15, 0.2) is 6.67 Å². The van der Waals surface area contributed by atoms with Crippen LogP contribution in [0.4, 0.5) is 52.8 Å². The van der Waals surface area contributed by atoms with Gasteiger partial charge in [-0.05, 0) is 6.92 Å². The average molecular weight is 376 g/mol. The molecule has 0 aromatic heterocycles. The van der Waals surface area contributed by atoms with Gasteiger partial charge < -0.3 is 4.74 Å². The molecule has 0 heterocycles. The van der Waals surface area contributed by atoms with E-state index in [-0.39, 0.29) is 0 Å². The Morgan fingerprint density at radius 2 is 1.35 bits per heavy atom. The zero-order chi connectivity index (χ0) is 18.9. The van der Waals surface area contributed by atoms with E-state index < -0.39 is 55.1 Å². The van der Waals surface area contributed by atoms with Crippen molar-refractivity contribution >= 4 is 0 Å². The fourth-order valence-corrected chi connectivity index (χ4v) is 1.38. The molecule has 0 aromatic rings. The van der Waals surface area contributed by atoms with Gasteiger partial charge in [0, 0.05) is 9.19 Å². The van der Waals surface area contributed by atoms with Crippen molar-refractivity contribution in [2.24, 2.45) is 0 Å². The molecule has 0 saturated carbocycles. The highest BCUT2D eigenvalue weighted by Gasteiger charge is 2.88. The first-order valence-electron chi connectivity index (χ1n) is 5.58. The third kappa shape index (κ3) is 3.32. The van der Waals surface area contributed by atoms with E-state index in [2.05, 4.69) is 4.74 Å². The molecule has 2 atom stereocenters. The van der Waals surface area contributed by atoms with Crippen LogP contribution in [0.25, 0.3) is 0 Å². The van der Waals surface area contributed by atoms with Gasteiger partial charge in [0.1, 0.15) is 0 Å². The standard InChI is InChI=1S/C9H10F12NO/c1-2-23-9(19,20)8(17,18)22(21,7(15,16)4-11)5(12)6(13,14)3-10/h5H,2-4H2,1H3/q+1. The minimum absolute atomic E-state index is 0.604. The monoisotopic (exact) mass is 376 g/mol. The van der Waals surface area contributed by atoms with Crippen LogP contribution in [0.3, 0.4) is 0 Å². The normalized spacial score (nSPS) is 18.7. The average Bonchev–Trinajstić information content (AvgIpc) is 2.44. The first-order chi connectivity index (χ1) is 10.1. The number of ether oxygens (including phenoxy) is 1. The largest absolute Gasteiger partial charge is 0.527 e. The maximum Gasteiger partial charge on any atom is 0.527 e. The lowest BCUT2D eigenvalue weighted by Gasteiger charge is -2.41. The molecule has 0 aliphatic heterocycles. The number of nitrogens with zero attached hydrogens (tertiary/aromatic N) is 1. The lowest BCUT2D eigenvalue weighted by molar-refractivity contribution is -1.21. The van der Waals surface area contributed by atoms with Crippen molar-refractivity contribution in [2.75, 3.05) is 20.0 Å². The number of hydrogen-bond donors (Lipinski definition) is 0. The number of halogens is 12. The van der Waals surface area contributed by atoms with Crippen molar-refractivity contribution in [1.82, 2.24) is 0 Å². The van der Waals surface area contributed by atoms with E-state index in [4.69, 9.17) is 0 Å². The second kappa shape index (κ2) is 6.53. The first-order valence-corrected chi connectivity index (χ1v) is 5.58. The molecule has 0 aliphatic carbocycles. The van der Waals surface area contributed by atoms with Gasteiger partial charge in [0.2, 0.25) is 6.67 Å². The van der Waals surface area contributed by atoms with Crippen molar-refractivity contribution < 1.29 is 62.2 Å². The van der Waals surface area contributed by atoms with E-state index >= 15 is 0 Å². The quantitative estimate of drug-likeness (QED) is 0.330. The van der Waals surface area contributed by atoms with E-state index in [1.165, 1.54) is 0 Å². The highest BCUT2D eigenvalue weighted by atomic mass is 19.4. The predicted octanol–water partition coefficient (Wildman–Crippen LogP) is 4.37. The van der Waals surface area contributed by atoms with E-state index in [9.17, 15) is 52.8 Å². The van der Waals surface area contributed by atoms with Crippen molar-refractivity contribution in [3.05, 3.63) is 0 Å². The van der Waals surface area contributed by atoms with E-state index in [0.717, 1.165) is 0 Å². The molecule has 0 aliphatic rings. The molecular weight excluding hydrogens is 366 g/mol. The maximum absolute atomic E-state index is 13.9. The lowest BCUT2D eigenvalue weighted by Crippen LogP contribution is -2.76. The Balaban J connectivity index is 6.41. The van der Waals surface area contributed by atoms with Crippen LogP contribution in [0.15, 0.2) is 0 Å². The fourth-order valence-electron chi connectivity index (χ4n) is 1.38. The number of hydrogen-bond acceptors (Lipinski definition) is 1. The summed E-state index contributed by atoms with van der Waals surface area (Å²) in [7, 11) is 0. The Hall–Kier alpha value is -0.920. The van der Waals surface area contributed by atoms with Gasteiger partial charge in [-0.1, -0.05) is 0 Å². The summed E-state index contributed by atoms with van der Waals surface area (Å²) in [6.45, 7) is -7.62. The fraction of sp³-hybridized carbons (Fsp3) is 1.00. The van der Waals surface area contributed by atoms with Gasteiger partial charge in [-0.2, -0.15) is 22.0 Å². The highest BCUT2D eigenvalue weighted by Crippen LogP contribution is 2.54. The molecular formula is C9H10F12NO+. The van der Waals surface area contributed by atoms with Crippen LogP contribution >= 0.6 is 0 Å². The van der Waals surface area contributed by atoms with Gasteiger partial charge in [-0.25, -0.2) is 8.78 Å². The minimum atomic E-state index is -7.03. The third-order valence-corrected chi connectivity index (χ3v) is 2.56. The number of alkyl halides is 11. The maximum atomic E-state index is 13.9. The minimum Gasteiger partial charge on any atom is -0.310 e. The summed E-state index contributed by atoms with van der Waals surface area (Å²) in [6, 6.07) is -13.4. The molecule has 14 heteroatoms. The van der Waals surface area contributed by atoms with Crippen molar-refractivity contribution in [2.45, 2.75) is 37.3 Å². The van der Waals surface area contributed by atoms with Crippen LogP contribution in [0, 0.1) is 0 Å². The Morgan fingerprint density at radius 1 is 0.913 bits per heavy atom. The molecule has 23 heavy (non-hydrogen) atoms. The van der Waals surface area contributed by atoms with E-state index in [0.29, 0.717) is 6.92 Å². The van der Waals surface area contributed by atoms with Crippen LogP contribution < -0.4 is 0 Å². The lowest BCUT2D eigenvalue weighted by atomic mass is 10.2. The van der Waals surface area contributed by atoms with Crippen molar-refractivity contribution in [3.63, 3.8) is 0 Å². The van der Waals surface area contributed by atoms with Crippen LogP contribution in [0.5, 0.6) is 0 Å².